The lowest BCUT2D eigenvalue weighted by Crippen LogP contribution is -2.09. The van der Waals surface area contributed by atoms with Gasteiger partial charge < -0.3 is 5.11 Å². The van der Waals surface area contributed by atoms with Gasteiger partial charge in [-0.05, 0) is 6.92 Å². The second-order valence-electron chi connectivity index (χ2n) is 2.09. The Bertz CT molecular complexity index is 110. The van der Waals surface area contributed by atoms with Crippen molar-refractivity contribution >= 4 is 0 Å². The van der Waals surface area contributed by atoms with Crippen molar-refractivity contribution in [1.82, 2.24) is 0 Å². The summed E-state index contributed by atoms with van der Waals surface area (Å²) in [6.45, 7) is 1.80. The van der Waals surface area contributed by atoms with Crippen LogP contribution < -0.4 is 0 Å². The van der Waals surface area contributed by atoms with Crippen LogP contribution in [0.25, 0.3) is 0 Å². The summed E-state index contributed by atoms with van der Waals surface area (Å²) < 4.78 is 0. The Morgan fingerprint density at radius 1 is 1.38 bits per heavy atom. The molecule has 0 aliphatic heterocycles. The minimum absolute atomic E-state index is 0.231. The second kappa shape index (κ2) is 2.14. The number of hydrogen-bond donors (Lipinski definition) is 1. The molecule has 1 aliphatic carbocycles. The molecule has 0 spiro atoms. The summed E-state index contributed by atoms with van der Waals surface area (Å²) in [6.07, 6.45) is 7.66. The standard InChI is InChI=1S/C7H10O/c1-6(8)7-4-2-3-5-7/h2-8H,1H3/t6-/m0/s1. The lowest BCUT2D eigenvalue weighted by atomic mass is 10.1. The van der Waals surface area contributed by atoms with E-state index in [9.17, 15) is 0 Å². The predicted octanol–water partition coefficient (Wildman–Crippen LogP) is 1.11. The predicted molar refractivity (Wildman–Crippen MR) is 33.5 cm³/mol. The molecule has 0 saturated carbocycles. The van der Waals surface area contributed by atoms with Crippen molar-refractivity contribution in [1.29, 1.82) is 0 Å². The van der Waals surface area contributed by atoms with Crippen molar-refractivity contribution in [3.05, 3.63) is 24.3 Å². The third-order valence-corrected chi connectivity index (χ3v) is 1.33. The van der Waals surface area contributed by atoms with Crippen LogP contribution in [0.15, 0.2) is 24.3 Å². The van der Waals surface area contributed by atoms with Crippen LogP contribution in [0.3, 0.4) is 0 Å². The zero-order valence-electron chi connectivity index (χ0n) is 4.91. The second-order valence-corrected chi connectivity index (χ2v) is 2.09. The molecule has 0 aromatic heterocycles. The molecule has 1 atom stereocenters. The van der Waals surface area contributed by atoms with Gasteiger partial charge in [-0.3, -0.25) is 0 Å². The quantitative estimate of drug-likeness (QED) is 0.536. The van der Waals surface area contributed by atoms with Gasteiger partial charge >= 0.3 is 0 Å². The largest absolute Gasteiger partial charge is 0.392 e. The van der Waals surface area contributed by atoms with Crippen LogP contribution in [0, 0.1) is 5.92 Å². The molecular weight excluding hydrogens is 100 g/mol. The summed E-state index contributed by atoms with van der Waals surface area (Å²) in [5, 5.41) is 8.95. The van der Waals surface area contributed by atoms with Crippen molar-refractivity contribution < 1.29 is 5.11 Å². The third-order valence-electron chi connectivity index (χ3n) is 1.33. The molecule has 0 bridgehead atoms. The minimum atomic E-state index is -0.231. The number of hydrogen-bond acceptors (Lipinski definition) is 1. The van der Waals surface area contributed by atoms with Crippen molar-refractivity contribution in [3.63, 3.8) is 0 Å². The number of rotatable bonds is 1. The maximum Gasteiger partial charge on any atom is 0.0609 e. The molecule has 1 nitrogen and oxygen atoms in total. The van der Waals surface area contributed by atoms with Crippen LogP contribution in [0.1, 0.15) is 6.92 Å². The van der Waals surface area contributed by atoms with E-state index < -0.39 is 0 Å². The van der Waals surface area contributed by atoms with Gasteiger partial charge in [0, 0.05) is 5.92 Å². The lowest BCUT2D eigenvalue weighted by molar-refractivity contribution is 0.169. The molecule has 0 amide bonds. The van der Waals surface area contributed by atoms with Crippen LogP contribution in [0.2, 0.25) is 0 Å². The fraction of sp³-hybridized carbons (Fsp3) is 0.429. The third kappa shape index (κ3) is 0.984. The Morgan fingerprint density at radius 3 is 2.12 bits per heavy atom. The van der Waals surface area contributed by atoms with Gasteiger partial charge in [-0.15, -0.1) is 0 Å². The van der Waals surface area contributed by atoms with Crippen molar-refractivity contribution in [2.45, 2.75) is 13.0 Å². The highest BCUT2D eigenvalue weighted by molar-refractivity contribution is 5.18. The first-order valence-corrected chi connectivity index (χ1v) is 2.84. The lowest BCUT2D eigenvalue weighted by Gasteiger charge is -2.06. The molecule has 0 aromatic rings. The Labute approximate surface area is 49.3 Å². The summed E-state index contributed by atoms with van der Waals surface area (Å²) in [6, 6.07) is 0. The maximum atomic E-state index is 8.95. The first-order chi connectivity index (χ1) is 3.80. The molecule has 0 saturated heterocycles. The zero-order valence-corrected chi connectivity index (χ0v) is 4.91. The number of aliphatic hydroxyl groups excluding tert-OH is 1. The van der Waals surface area contributed by atoms with Crippen LogP contribution in [-0.4, -0.2) is 11.2 Å². The fourth-order valence-corrected chi connectivity index (χ4v) is 0.771. The molecule has 0 heterocycles. The fourth-order valence-electron chi connectivity index (χ4n) is 0.771. The van der Waals surface area contributed by atoms with Gasteiger partial charge in [0.2, 0.25) is 0 Å². The molecule has 44 valence electrons. The molecule has 0 radical (unpaired) electrons. The molecule has 1 aliphatic rings. The van der Waals surface area contributed by atoms with E-state index in [4.69, 9.17) is 5.11 Å². The van der Waals surface area contributed by atoms with Crippen molar-refractivity contribution in [2.24, 2.45) is 5.92 Å². The van der Waals surface area contributed by atoms with Crippen molar-refractivity contribution in [2.75, 3.05) is 0 Å². The van der Waals surface area contributed by atoms with E-state index in [0.29, 0.717) is 0 Å². The Hall–Kier alpha value is -0.560. The zero-order chi connectivity index (χ0) is 5.98. The highest BCUT2D eigenvalue weighted by Gasteiger charge is 2.08. The van der Waals surface area contributed by atoms with Crippen LogP contribution in [0.4, 0.5) is 0 Å². The smallest absolute Gasteiger partial charge is 0.0609 e. The molecule has 0 aromatic carbocycles. The van der Waals surface area contributed by atoms with Crippen molar-refractivity contribution in [3.8, 4) is 0 Å². The Kier molecular flexibility index (Phi) is 1.49. The Morgan fingerprint density at radius 2 is 1.88 bits per heavy atom. The Balaban J connectivity index is 2.49. The summed E-state index contributed by atoms with van der Waals surface area (Å²) in [7, 11) is 0. The van der Waals surface area contributed by atoms with E-state index >= 15 is 0 Å². The minimum Gasteiger partial charge on any atom is -0.392 e. The molecule has 0 unspecified atom stereocenters. The molecule has 1 heteroatoms. The van der Waals surface area contributed by atoms with E-state index in [2.05, 4.69) is 0 Å². The van der Waals surface area contributed by atoms with E-state index in [1.165, 1.54) is 0 Å². The molecular formula is C7H10O. The topological polar surface area (TPSA) is 20.2 Å². The average molecular weight is 110 g/mol. The molecule has 0 fully saturated rings. The monoisotopic (exact) mass is 110 g/mol. The van der Waals surface area contributed by atoms with Gasteiger partial charge in [0.05, 0.1) is 6.10 Å². The number of allylic oxidation sites excluding steroid dienone is 2. The SMILES string of the molecule is C[C@H](O)C1C=CC=C1. The van der Waals surface area contributed by atoms with Gasteiger partial charge in [-0.25, -0.2) is 0 Å². The first-order valence-electron chi connectivity index (χ1n) is 2.84. The van der Waals surface area contributed by atoms with Gasteiger partial charge in [0.25, 0.3) is 0 Å². The normalized spacial score (nSPS) is 22.2. The summed E-state index contributed by atoms with van der Waals surface area (Å²) in [5.74, 6) is 0.259. The van der Waals surface area contributed by atoms with E-state index in [-0.39, 0.29) is 12.0 Å². The maximum absolute atomic E-state index is 8.95. The van der Waals surface area contributed by atoms with E-state index in [1.807, 2.05) is 24.3 Å². The van der Waals surface area contributed by atoms with Gasteiger partial charge in [0.15, 0.2) is 0 Å². The number of aliphatic hydroxyl groups is 1. The first kappa shape index (κ1) is 5.57. The van der Waals surface area contributed by atoms with Crippen LogP contribution in [0.5, 0.6) is 0 Å². The van der Waals surface area contributed by atoms with Crippen LogP contribution in [-0.2, 0) is 0 Å². The van der Waals surface area contributed by atoms with Crippen LogP contribution >= 0.6 is 0 Å². The summed E-state index contributed by atoms with van der Waals surface area (Å²) in [4.78, 5) is 0. The van der Waals surface area contributed by atoms with Gasteiger partial charge in [0.1, 0.15) is 0 Å². The van der Waals surface area contributed by atoms with E-state index in [0.717, 1.165) is 0 Å². The average Bonchev–Trinajstić information content (AvgIpc) is 2.12. The highest BCUT2D eigenvalue weighted by Crippen LogP contribution is 2.12. The van der Waals surface area contributed by atoms with Gasteiger partial charge in [-0.1, -0.05) is 24.3 Å². The molecule has 8 heavy (non-hydrogen) atoms. The summed E-state index contributed by atoms with van der Waals surface area (Å²) >= 11 is 0. The van der Waals surface area contributed by atoms with Gasteiger partial charge in [-0.2, -0.15) is 0 Å². The molecule has 1 rings (SSSR count). The summed E-state index contributed by atoms with van der Waals surface area (Å²) in [5.41, 5.74) is 0. The highest BCUT2D eigenvalue weighted by atomic mass is 16.3. The van der Waals surface area contributed by atoms with E-state index in [1.54, 1.807) is 6.92 Å². The molecule has 1 N–H and O–H groups in total.